The van der Waals surface area contributed by atoms with E-state index in [1.54, 1.807) is 50.4 Å². The molecule has 30 heavy (non-hydrogen) atoms. The quantitative estimate of drug-likeness (QED) is 0.579. The number of carbonyl (C=O) groups excluding carboxylic acids is 2. The van der Waals surface area contributed by atoms with E-state index in [1.807, 2.05) is 0 Å². The first-order valence-corrected chi connectivity index (χ1v) is 10.2. The van der Waals surface area contributed by atoms with Crippen molar-refractivity contribution in [3.63, 3.8) is 0 Å². The van der Waals surface area contributed by atoms with E-state index in [0.29, 0.717) is 38.5 Å². The highest BCUT2D eigenvalue weighted by Gasteiger charge is 2.25. The summed E-state index contributed by atoms with van der Waals surface area (Å²) < 4.78 is 25.4. The summed E-state index contributed by atoms with van der Waals surface area (Å²) in [6.07, 6.45) is 0. The van der Waals surface area contributed by atoms with Gasteiger partial charge in [-0.3, -0.25) is 9.59 Å². The highest BCUT2D eigenvalue weighted by Crippen LogP contribution is 2.34. The van der Waals surface area contributed by atoms with Crippen LogP contribution in [-0.2, 0) is 16.1 Å². The van der Waals surface area contributed by atoms with Crippen molar-refractivity contribution in [3.05, 3.63) is 58.7 Å². The van der Waals surface area contributed by atoms with Gasteiger partial charge in [-0.25, -0.2) is 4.39 Å². The molecule has 0 unspecified atom stereocenters. The van der Waals surface area contributed by atoms with Gasteiger partial charge in [0.2, 0.25) is 5.91 Å². The van der Waals surface area contributed by atoms with Crippen LogP contribution >= 0.6 is 11.3 Å². The fourth-order valence-electron chi connectivity index (χ4n) is 3.17. The molecule has 0 radical (unpaired) electrons. The number of benzene rings is 2. The molecule has 0 fully saturated rings. The summed E-state index contributed by atoms with van der Waals surface area (Å²) in [5, 5.41) is 3.16. The second-order valence-corrected chi connectivity index (χ2v) is 7.61. The van der Waals surface area contributed by atoms with E-state index in [1.165, 1.54) is 29.4 Å². The number of nitrogens with one attached hydrogen (secondary N) is 1. The number of hydrogen-bond acceptors (Lipinski definition) is 5. The SMILES string of the molecule is CCN(CC(=O)Nc1cccc(OC)c1)C(=O)c1sc2cccc(F)c2c1COC. The molecule has 0 saturated heterocycles. The molecule has 0 saturated carbocycles. The van der Waals surface area contributed by atoms with Crippen molar-refractivity contribution in [3.8, 4) is 5.75 Å². The van der Waals surface area contributed by atoms with E-state index in [9.17, 15) is 14.0 Å². The molecule has 0 atom stereocenters. The number of likely N-dealkylation sites (N-methyl/N-ethyl adjacent to an activating group) is 1. The predicted molar refractivity (Wildman–Crippen MR) is 116 cm³/mol. The third kappa shape index (κ3) is 4.60. The Morgan fingerprint density at radius 1 is 1.17 bits per heavy atom. The maximum atomic E-state index is 14.4. The summed E-state index contributed by atoms with van der Waals surface area (Å²) in [4.78, 5) is 27.5. The van der Waals surface area contributed by atoms with Crippen LogP contribution in [0.2, 0.25) is 0 Å². The molecule has 1 aromatic heterocycles. The van der Waals surface area contributed by atoms with Gasteiger partial charge in [-0.1, -0.05) is 12.1 Å². The van der Waals surface area contributed by atoms with Gasteiger partial charge in [0.05, 0.1) is 18.6 Å². The Morgan fingerprint density at radius 3 is 2.63 bits per heavy atom. The number of hydrogen-bond donors (Lipinski definition) is 1. The Balaban J connectivity index is 1.83. The lowest BCUT2D eigenvalue weighted by atomic mass is 10.1. The van der Waals surface area contributed by atoms with E-state index >= 15 is 0 Å². The number of amides is 2. The molecule has 8 heteroatoms. The van der Waals surface area contributed by atoms with Gasteiger partial charge in [0, 0.05) is 41.1 Å². The Kier molecular flexibility index (Phi) is 7.02. The Hall–Kier alpha value is -2.97. The van der Waals surface area contributed by atoms with E-state index in [-0.39, 0.29) is 25.0 Å². The molecule has 0 spiro atoms. The molecule has 0 aliphatic carbocycles. The molecule has 0 aliphatic heterocycles. The molecule has 2 aromatic carbocycles. The van der Waals surface area contributed by atoms with Crippen molar-refractivity contribution in [2.45, 2.75) is 13.5 Å². The average molecular weight is 431 g/mol. The maximum absolute atomic E-state index is 14.4. The zero-order chi connectivity index (χ0) is 21.7. The number of carbonyl (C=O) groups is 2. The first-order chi connectivity index (χ1) is 14.5. The minimum Gasteiger partial charge on any atom is -0.497 e. The van der Waals surface area contributed by atoms with E-state index < -0.39 is 5.82 Å². The van der Waals surface area contributed by atoms with Gasteiger partial charge >= 0.3 is 0 Å². The fourth-order valence-corrected chi connectivity index (χ4v) is 4.36. The van der Waals surface area contributed by atoms with Crippen molar-refractivity contribution >= 4 is 38.9 Å². The highest BCUT2D eigenvalue weighted by molar-refractivity contribution is 7.21. The molecule has 6 nitrogen and oxygen atoms in total. The lowest BCUT2D eigenvalue weighted by Crippen LogP contribution is -2.37. The zero-order valence-corrected chi connectivity index (χ0v) is 17.8. The number of nitrogens with zero attached hydrogens (tertiary/aromatic N) is 1. The maximum Gasteiger partial charge on any atom is 0.264 e. The van der Waals surface area contributed by atoms with Crippen LogP contribution in [0, 0.1) is 5.82 Å². The lowest BCUT2D eigenvalue weighted by molar-refractivity contribution is -0.116. The molecular formula is C22H23FN2O4S. The Morgan fingerprint density at radius 2 is 1.93 bits per heavy atom. The van der Waals surface area contributed by atoms with Crippen LogP contribution in [0.4, 0.5) is 10.1 Å². The van der Waals surface area contributed by atoms with Crippen LogP contribution in [-0.4, -0.2) is 44.0 Å². The van der Waals surface area contributed by atoms with Crippen LogP contribution in [0.3, 0.4) is 0 Å². The number of thiophene rings is 1. The van der Waals surface area contributed by atoms with Crippen LogP contribution < -0.4 is 10.1 Å². The van der Waals surface area contributed by atoms with Crippen molar-refractivity contribution in [2.75, 3.05) is 32.6 Å². The van der Waals surface area contributed by atoms with Crippen LogP contribution in [0.1, 0.15) is 22.2 Å². The van der Waals surface area contributed by atoms with Crippen LogP contribution in [0.25, 0.3) is 10.1 Å². The summed E-state index contributed by atoms with van der Waals surface area (Å²) in [5.41, 5.74) is 1.08. The summed E-state index contributed by atoms with van der Waals surface area (Å²) in [6, 6.07) is 11.7. The number of halogens is 1. The second kappa shape index (κ2) is 9.69. The number of fused-ring (bicyclic) bond motifs is 1. The van der Waals surface area contributed by atoms with Crippen molar-refractivity contribution in [1.82, 2.24) is 4.90 Å². The number of ether oxygens (including phenoxy) is 2. The molecule has 1 N–H and O–H groups in total. The number of methoxy groups -OCH3 is 2. The first-order valence-electron chi connectivity index (χ1n) is 9.40. The molecular weight excluding hydrogens is 407 g/mol. The Labute approximate surface area is 178 Å². The standard InChI is InChI=1S/C22H23FN2O4S/c1-4-25(12-19(26)24-14-7-5-8-15(11-14)29-3)22(27)21-16(13-28-2)20-17(23)9-6-10-18(20)30-21/h5-11H,4,12-13H2,1-3H3,(H,24,26). The number of anilines is 1. The van der Waals surface area contributed by atoms with Gasteiger partial charge in [-0.05, 0) is 31.2 Å². The smallest absolute Gasteiger partial charge is 0.264 e. The molecule has 158 valence electrons. The fraction of sp³-hybridized carbons (Fsp3) is 0.273. The minimum atomic E-state index is -0.395. The van der Waals surface area contributed by atoms with Gasteiger partial charge in [-0.2, -0.15) is 0 Å². The first kappa shape index (κ1) is 21.7. The third-order valence-electron chi connectivity index (χ3n) is 4.60. The van der Waals surface area contributed by atoms with Gasteiger partial charge in [0.25, 0.3) is 5.91 Å². The number of rotatable bonds is 8. The largest absolute Gasteiger partial charge is 0.497 e. The molecule has 0 aliphatic rings. The summed E-state index contributed by atoms with van der Waals surface area (Å²) in [7, 11) is 3.04. The van der Waals surface area contributed by atoms with Gasteiger partial charge in [0.15, 0.2) is 0 Å². The van der Waals surface area contributed by atoms with E-state index in [4.69, 9.17) is 9.47 Å². The predicted octanol–water partition coefficient (Wildman–Crippen LogP) is 4.30. The molecule has 3 aromatic rings. The van der Waals surface area contributed by atoms with Gasteiger partial charge < -0.3 is 19.7 Å². The van der Waals surface area contributed by atoms with E-state index in [0.717, 1.165) is 0 Å². The zero-order valence-electron chi connectivity index (χ0n) is 17.0. The highest BCUT2D eigenvalue weighted by atomic mass is 32.1. The lowest BCUT2D eigenvalue weighted by Gasteiger charge is -2.20. The van der Waals surface area contributed by atoms with Crippen LogP contribution in [0.15, 0.2) is 42.5 Å². The topological polar surface area (TPSA) is 67.9 Å². The van der Waals surface area contributed by atoms with Crippen molar-refractivity contribution in [2.24, 2.45) is 0 Å². The summed E-state index contributed by atoms with van der Waals surface area (Å²) >= 11 is 1.21. The average Bonchev–Trinajstić information content (AvgIpc) is 3.11. The summed E-state index contributed by atoms with van der Waals surface area (Å²) in [5.74, 6) is -0.439. The van der Waals surface area contributed by atoms with Gasteiger partial charge in [-0.15, -0.1) is 11.3 Å². The Bertz CT molecular complexity index is 1070. The monoisotopic (exact) mass is 430 g/mol. The molecule has 3 rings (SSSR count). The van der Waals surface area contributed by atoms with Crippen molar-refractivity contribution < 1.29 is 23.5 Å². The minimum absolute atomic E-state index is 0.107. The molecule has 2 amide bonds. The molecule has 0 bridgehead atoms. The molecule has 1 heterocycles. The van der Waals surface area contributed by atoms with Crippen LogP contribution in [0.5, 0.6) is 5.75 Å². The van der Waals surface area contributed by atoms with Gasteiger partial charge in [0.1, 0.15) is 18.1 Å². The third-order valence-corrected chi connectivity index (χ3v) is 5.79. The normalized spacial score (nSPS) is 10.8. The van der Waals surface area contributed by atoms with Crippen molar-refractivity contribution in [1.29, 1.82) is 0 Å². The van der Waals surface area contributed by atoms with E-state index in [2.05, 4.69) is 5.32 Å². The second-order valence-electron chi connectivity index (χ2n) is 6.56. The summed E-state index contributed by atoms with van der Waals surface area (Å²) in [6.45, 7) is 2.10.